The number of ether oxygens (including phenoxy) is 1. The Hall–Kier alpha value is -2.79. The highest BCUT2D eigenvalue weighted by molar-refractivity contribution is 7.12. The van der Waals surface area contributed by atoms with Crippen molar-refractivity contribution in [3.8, 4) is 11.5 Å². The minimum absolute atomic E-state index is 0.145. The van der Waals surface area contributed by atoms with Crippen LogP contribution in [-0.2, 0) is 0 Å². The molecule has 1 fully saturated rings. The van der Waals surface area contributed by atoms with E-state index in [1.807, 2.05) is 64.9 Å². The fourth-order valence-corrected chi connectivity index (χ4v) is 3.76. The number of carbonyl (C=O) groups excluding carboxylic acids is 1. The average molecular weight is 364 g/mol. The lowest BCUT2D eigenvalue weighted by molar-refractivity contribution is 0.0751. The largest absolute Gasteiger partial charge is 0.457 e. The molecule has 4 rings (SSSR count). The molecule has 0 unspecified atom stereocenters. The second-order valence-electron chi connectivity index (χ2n) is 6.17. The number of rotatable bonds is 4. The predicted octanol–water partition coefficient (Wildman–Crippen LogP) is 4.50. The van der Waals surface area contributed by atoms with E-state index in [2.05, 4.69) is 17.0 Å². The molecule has 0 bridgehead atoms. The molecule has 2 aromatic carbocycles. The van der Waals surface area contributed by atoms with Gasteiger partial charge in [0.2, 0.25) is 0 Å². The quantitative estimate of drug-likeness (QED) is 0.683. The molecule has 26 heavy (non-hydrogen) atoms. The Balaban J connectivity index is 1.35. The summed E-state index contributed by atoms with van der Waals surface area (Å²) in [7, 11) is 0. The maximum Gasteiger partial charge on any atom is 0.264 e. The Morgan fingerprint density at radius 1 is 0.808 bits per heavy atom. The first kappa shape index (κ1) is 16.7. The Bertz CT molecular complexity index is 839. The molecule has 5 heteroatoms. The van der Waals surface area contributed by atoms with Crippen LogP contribution in [0.2, 0.25) is 0 Å². The summed E-state index contributed by atoms with van der Waals surface area (Å²) in [6.45, 7) is 3.18. The van der Waals surface area contributed by atoms with Gasteiger partial charge in [0.25, 0.3) is 5.91 Å². The number of benzene rings is 2. The number of carbonyl (C=O) groups is 1. The summed E-state index contributed by atoms with van der Waals surface area (Å²) in [6.07, 6.45) is 0. The topological polar surface area (TPSA) is 32.8 Å². The Kier molecular flexibility index (Phi) is 4.88. The zero-order chi connectivity index (χ0) is 17.8. The molecule has 0 saturated carbocycles. The van der Waals surface area contributed by atoms with Crippen molar-refractivity contribution in [2.24, 2.45) is 0 Å². The minimum atomic E-state index is 0.145. The Labute approximate surface area is 157 Å². The van der Waals surface area contributed by atoms with E-state index in [4.69, 9.17) is 4.74 Å². The van der Waals surface area contributed by atoms with E-state index in [0.717, 1.165) is 48.2 Å². The van der Waals surface area contributed by atoms with Crippen molar-refractivity contribution < 1.29 is 9.53 Å². The molecular formula is C21H20N2O2S. The zero-order valence-electron chi connectivity index (χ0n) is 14.4. The van der Waals surface area contributed by atoms with Gasteiger partial charge >= 0.3 is 0 Å². The highest BCUT2D eigenvalue weighted by Gasteiger charge is 2.22. The summed E-state index contributed by atoms with van der Waals surface area (Å²) in [6, 6.07) is 21.7. The third-order valence-corrected chi connectivity index (χ3v) is 5.34. The van der Waals surface area contributed by atoms with Gasteiger partial charge in [0, 0.05) is 31.9 Å². The van der Waals surface area contributed by atoms with Crippen LogP contribution in [0.3, 0.4) is 0 Å². The highest BCUT2D eigenvalue weighted by Crippen LogP contribution is 2.25. The lowest BCUT2D eigenvalue weighted by atomic mass is 10.2. The van der Waals surface area contributed by atoms with Crippen LogP contribution in [0.5, 0.6) is 11.5 Å². The summed E-state index contributed by atoms with van der Waals surface area (Å²) in [5.41, 5.74) is 1.16. The molecule has 0 aliphatic carbocycles. The standard InChI is InChI=1S/C21H20N2O2S/c24-21(20-7-4-16-26-20)23-14-12-22(13-15-23)17-8-10-19(11-9-17)25-18-5-2-1-3-6-18/h1-11,16H,12-15H2. The summed E-state index contributed by atoms with van der Waals surface area (Å²) in [5, 5.41) is 1.95. The number of para-hydroxylation sites is 1. The van der Waals surface area contributed by atoms with Gasteiger partial charge in [-0.15, -0.1) is 11.3 Å². The average Bonchev–Trinajstić information content (AvgIpc) is 3.24. The molecule has 0 N–H and O–H groups in total. The number of anilines is 1. The van der Waals surface area contributed by atoms with E-state index in [0.29, 0.717) is 0 Å². The third-order valence-electron chi connectivity index (χ3n) is 4.48. The number of hydrogen-bond acceptors (Lipinski definition) is 4. The molecule has 1 amide bonds. The van der Waals surface area contributed by atoms with E-state index in [-0.39, 0.29) is 5.91 Å². The second kappa shape index (κ2) is 7.62. The van der Waals surface area contributed by atoms with Gasteiger partial charge in [-0.1, -0.05) is 24.3 Å². The van der Waals surface area contributed by atoms with Gasteiger partial charge in [-0.25, -0.2) is 0 Å². The van der Waals surface area contributed by atoms with Crippen LogP contribution in [-0.4, -0.2) is 37.0 Å². The highest BCUT2D eigenvalue weighted by atomic mass is 32.1. The lowest BCUT2D eigenvalue weighted by Gasteiger charge is -2.36. The fraction of sp³-hybridized carbons (Fsp3) is 0.190. The van der Waals surface area contributed by atoms with Gasteiger partial charge in [-0.3, -0.25) is 4.79 Å². The van der Waals surface area contributed by atoms with Gasteiger partial charge in [0.1, 0.15) is 11.5 Å². The Morgan fingerprint density at radius 2 is 1.50 bits per heavy atom. The monoisotopic (exact) mass is 364 g/mol. The van der Waals surface area contributed by atoms with E-state index < -0.39 is 0 Å². The van der Waals surface area contributed by atoms with Gasteiger partial charge in [0.05, 0.1) is 4.88 Å². The number of hydrogen-bond donors (Lipinski definition) is 0. The molecule has 132 valence electrons. The summed E-state index contributed by atoms with van der Waals surface area (Å²) >= 11 is 1.51. The Morgan fingerprint density at radius 3 is 2.15 bits per heavy atom. The van der Waals surface area contributed by atoms with Crippen molar-refractivity contribution in [1.29, 1.82) is 0 Å². The maximum atomic E-state index is 12.4. The molecule has 3 aromatic rings. The van der Waals surface area contributed by atoms with Crippen LogP contribution in [0, 0.1) is 0 Å². The molecule has 0 radical (unpaired) electrons. The molecule has 4 nitrogen and oxygen atoms in total. The maximum absolute atomic E-state index is 12.4. The van der Waals surface area contributed by atoms with Gasteiger partial charge in [0.15, 0.2) is 0 Å². The molecule has 1 aliphatic rings. The molecule has 0 atom stereocenters. The number of thiophene rings is 1. The van der Waals surface area contributed by atoms with Crippen molar-refractivity contribution in [1.82, 2.24) is 4.90 Å². The van der Waals surface area contributed by atoms with Crippen LogP contribution < -0.4 is 9.64 Å². The molecule has 2 heterocycles. The molecule has 1 aliphatic heterocycles. The van der Waals surface area contributed by atoms with E-state index in [1.54, 1.807) is 0 Å². The first-order valence-electron chi connectivity index (χ1n) is 8.70. The number of amides is 1. The summed E-state index contributed by atoms with van der Waals surface area (Å²) in [5.74, 6) is 1.80. The van der Waals surface area contributed by atoms with E-state index in [9.17, 15) is 4.79 Å². The lowest BCUT2D eigenvalue weighted by Crippen LogP contribution is -2.48. The van der Waals surface area contributed by atoms with Crippen LogP contribution in [0.15, 0.2) is 72.1 Å². The number of nitrogens with zero attached hydrogens (tertiary/aromatic N) is 2. The van der Waals surface area contributed by atoms with Crippen LogP contribution in [0.25, 0.3) is 0 Å². The SMILES string of the molecule is O=C(c1cccs1)N1CCN(c2ccc(Oc3ccccc3)cc2)CC1. The van der Waals surface area contributed by atoms with Crippen molar-refractivity contribution in [3.63, 3.8) is 0 Å². The summed E-state index contributed by atoms with van der Waals surface area (Å²) < 4.78 is 5.84. The van der Waals surface area contributed by atoms with Crippen molar-refractivity contribution in [2.75, 3.05) is 31.1 Å². The van der Waals surface area contributed by atoms with Crippen LogP contribution in [0.1, 0.15) is 9.67 Å². The van der Waals surface area contributed by atoms with Crippen molar-refractivity contribution in [2.45, 2.75) is 0 Å². The van der Waals surface area contributed by atoms with Crippen LogP contribution in [0.4, 0.5) is 5.69 Å². The summed E-state index contributed by atoms with van der Waals surface area (Å²) in [4.78, 5) is 17.5. The van der Waals surface area contributed by atoms with Crippen molar-refractivity contribution >= 4 is 22.9 Å². The first-order valence-corrected chi connectivity index (χ1v) is 9.58. The normalized spacial score (nSPS) is 14.3. The zero-order valence-corrected chi connectivity index (χ0v) is 15.2. The fourth-order valence-electron chi connectivity index (χ4n) is 3.07. The minimum Gasteiger partial charge on any atom is -0.457 e. The van der Waals surface area contributed by atoms with E-state index >= 15 is 0 Å². The third kappa shape index (κ3) is 3.73. The first-order chi connectivity index (χ1) is 12.8. The van der Waals surface area contributed by atoms with Gasteiger partial charge in [-0.2, -0.15) is 0 Å². The number of piperazine rings is 1. The van der Waals surface area contributed by atoms with Crippen molar-refractivity contribution in [3.05, 3.63) is 77.0 Å². The molecular weight excluding hydrogens is 344 g/mol. The molecule has 1 aromatic heterocycles. The predicted molar refractivity (Wildman–Crippen MR) is 105 cm³/mol. The van der Waals surface area contributed by atoms with Gasteiger partial charge in [-0.05, 0) is 47.8 Å². The smallest absolute Gasteiger partial charge is 0.264 e. The second-order valence-corrected chi connectivity index (χ2v) is 7.11. The van der Waals surface area contributed by atoms with Gasteiger partial charge < -0.3 is 14.5 Å². The molecule has 1 saturated heterocycles. The van der Waals surface area contributed by atoms with Crippen LogP contribution >= 0.6 is 11.3 Å². The van der Waals surface area contributed by atoms with E-state index in [1.165, 1.54) is 11.3 Å². The molecule has 0 spiro atoms.